The maximum atomic E-state index is 12.6. The molecule has 1 heterocycles. The Morgan fingerprint density at radius 3 is 2.13 bits per heavy atom. The molecule has 4 nitrogen and oxygen atoms in total. The molecule has 1 aliphatic heterocycles. The molecule has 0 saturated carbocycles. The van der Waals surface area contributed by atoms with Crippen LogP contribution in [0, 0.1) is 0 Å². The van der Waals surface area contributed by atoms with Gasteiger partial charge in [0, 0.05) is 0 Å². The fourth-order valence-electron chi connectivity index (χ4n) is 2.68. The van der Waals surface area contributed by atoms with Crippen molar-refractivity contribution in [2.75, 3.05) is 0 Å². The lowest BCUT2D eigenvalue weighted by Crippen LogP contribution is -2.29. The van der Waals surface area contributed by atoms with E-state index in [1.807, 2.05) is 12.1 Å². The van der Waals surface area contributed by atoms with Gasteiger partial charge in [0.15, 0.2) is 0 Å². The fraction of sp³-hybridized carbons (Fsp3) is 0.263. The van der Waals surface area contributed by atoms with Gasteiger partial charge in [-0.2, -0.15) is 0 Å². The third kappa shape index (κ3) is 2.72. The monoisotopic (exact) mass is 309 g/mol. The Morgan fingerprint density at radius 1 is 0.913 bits per heavy atom. The van der Waals surface area contributed by atoms with Gasteiger partial charge < -0.3 is 5.11 Å². The SMILES string of the molecule is CC(C)(C)c1ccc2c(c1)C(=O)N(Cc1ccc(O)cc1)C2=O. The number of phenolic OH excluding ortho intramolecular Hbond substituents is 1. The number of rotatable bonds is 2. The molecule has 1 N–H and O–H groups in total. The molecule has 0 spiro atoms. The van der Waals surface area contributed by atoms with Gasteiger partial charge in [0.05, 0.1) is 17.7 Å². The quantitative estimate of drug-likeness (QED) is 0.864. The Bertz CT molecular complexity index is 785. The van der Waals surface area contributed by atoms with Crippen LogP contribution in [-0.4, -0.2) is 21.8 Å². The number of aromatic hydroxyl groups is 1. The molecule has 2 aromatic carbocycles. The summed E-state index contributed by atoms with van der Waals surface area (Å²) in [5.74, 6) is -0.367. The second-order valence-electron chi connectivity index (χ2n) is 6.87. The average molecular weight is 309 g/mol. The molecule has 23 heavy (non-hydrogen) atoms. The van der Waals surface area contributed by atoms with Crippen LogP contribution in [0.2, 0.25) is 0 Å². The Hall–Kier alpha value is -2.62. The normalized spacial score (nSPS) is 14.3. The zero-order valence-corrected chi connectivity index (χ0v) is 13.5. The standard InChI is InChI=1S/C19H19NO3/c1-19(2,3)13-6-9-15-16(10-13)18(23)20(17(15)22)11-12-4-7-14(21)8-5-12/h4-10,21H,11H2,1-3H3. The minimum absolute atomic E-state index is 0.0806. The number of fused-ring (bicyclic) bond motifs is 1. The Balaban J connectivity index is 1.92. The van der Waals surface area contributed by atoms with Crippen molar-refractivity contribution in [3.63, 3.8) is 0 Å². The Morgan fingerprint density at radius 2 is 1.52 bits per heavy atom. The first-order valence-electron chi connectivity index (χ1n) is 7.56. The van der Waals surface area contributed by atoms with Crippen molar-refractivity contribution >= 4 is 11.8 Å². The Kier molecular flexibility index (Phi) is 3.48. The molecule has 0 saturated heterocycles. The highest BCUT2D eigenvalue weighted by atomic mass is 16.3. The topological polar surface area (TPSA) is 57.6 Å². The lowest BCUT2D eigenvalue weighted by molar-refractivity contribution is 0.0642. The van der Waals surface area contributed by atoms with Crippen molar-refractivity contribution in [3.8, 4) is 5.75 Å². The van der Waals surface area contributed by atoms with Gasteiger partial charge in [-0.15, -0.1) is 0 Å². The third-order valence-corrected chi connectivity index (χ3v) is 4.11. The first kappa shape index (κ1) is 15.3. The van der Waals surface area contributed by atoms with Gasteiger partial charge in [0.1, 0.15) is 5.75 Å². The van der Waals surface area contributed by atoms with Crippen molar-refractivity contribution in [1.29, 1.82) is 0 Å². The van der Waals surface area contributed by atoms with E-state index in [-0.39, 0.29) is 29.5 Å². The van der Waals surface area contributed by atoms with Crippen molar-refractivity contribution < 1.29 is 14.7 Å². The van der Waals surface area contributed by atoms with Crippen molar-refractivity contribution in [2.24, 2.45) is 0 Å². The van der Waals surface area contributed by atoms with Gasteiger partial charge in [-0.1, -0.05) is 39.0 Å². The summed E-state index contributed by atoms with van der Waals surface area (Å²) >= 11 is 0. The molecule has 0 bridgehead atoms. The van der Waals surface area contributed by atoms with Crippen molar-refractivity contribution in [1.82, 2.24) is 4.90 Å². The maximum absolute atomic E-state index is 12.6. The summed E-state index contributed by atoms with van der Waals surface area (Å²) in [6.07, 6.45) is 0. The summed E-state index contributed by atoms with van der Waals surface area (Å²) in [7, 11) is 0. The van der Waals surface area contributed by atoms with Crippen LogP contribution in [-0.2, 0) is 12.0 Å². The summed E-state index contributed by atoms with van der Waals surface area (Å²) in [4.78, 5) is 26.4. The molecule has 1 aliphatic rings. The lowest BCUT2D eigenvalue weighted by atomic mass is 9.85. The smallest absolute Gasteiger partial charge is 0.261 e. The highest BCUT2D eigenvalue weighted by molar-refractivity contribution is 6.21. The number of carbonyl (C=O) groups excluding carboxylic acids is 2. The Labute approximate surface area is 135 Å². The van der Waals surface area contributed by atoms with E-state index in [4.69, 9.17) is 0 Å². The van der Waals surface area contributed by atoms with E-state index in [9.17, 15) is 14.7 Å². The molecular weight excluding hydrogens is 290 g/mol. The number of phenols is 1. The van der Waals surface area contributed by atoms with E-state index < -0.39 is 0 Å². The number of nitrogens with zero attached hydrogens (tertiary/aromatic N) is 1. The largest absolute Gasteiger partial charge is 0.508 e. The van der Waals surface area contributed by atoms with Gasteiger partial charge in [-0.25, -0.2) is 0 Å². The molecule has 118 valence electrons. The van der Waals surface area contributed by atoms with Gasteiger partial charge in [0.25, 0.3) is 11.8 Å². The van der Waals surface area contributed by atoms with Crippen LogP contribution in [0.15, 0.2) is 42.5 Å². The van der Waals surface area contributed by atoms with E-state index >= 15 is 0 Å². The molecular formula is C19H19NO3. The lowest BCUT2D eigenvalue weighted by Gasteiger charge is -2.19. The summed E-state index contributed by atoms with van der Waals surface area (Å²) in [6.45, 7) is 6.43. The predicted octanol–water partition coefficient (Wildman–Crippen LogP) is 3.49. The fourth-order valence-corrected chi connectivity index (χ4v) is 2.68. The van der Waals surface area contributed by atoms with E-state index in [1.54, 1.807) is 30.3 Å². The van der Waals surface area contributed by atoms with Crippen LogP contribution in [0.1, 0.15) is 52.6 Å². The van der Waals surface area contributed by atoms with Crippen LogP contribution in [0.4, 0.5) is 0 Å². The minimum Gasteiger partial charge on any atom is -0.508 e. The van der Waals surface area contributed by atoms with Crippen LogP contribution in [0.25, 0.3) is 0 Å². The van der Waals surface area contributed by atoms with Crippen LogP contribution >= 0.6 is 0 Å². The van der Waals surface area contributed by atoms with Crippen LogP contribution in [0.3, 0.4) is 0 Å². The van der Waals surface area contributed by atoms with E-state index in [2.05, 4.69) is 20.8 Å². The number of hydrogen-bond donors (Lipinski definition) is 1. The van der Waals surface area contributed by atoms with Gasteiger partial charge in [-0.3, -0.25) is 14.5 Å². The zero-order valence-electron chi connectivity index (χ0n) is 13.5. The molecule has 3 rings (SSSR count). The molecule has 0 aliphatic carbocycles. The van der Waals surface area contributed by atoms with Gasteiger partial charge in [0.2, 0.25) is 0 Å². The summed E-state index contributed by atoms with van der Waals surface area (Å²) < 4.78 is 0. The molecule has 2 amide bonds. The number of benzene rings is 2. The second-order valence-corrected chi connectivity index (χ2v) is 6.87. The molecule has 0 fully saturated rings. The number of hydrogen-bond acceptors (Lipinski definition) is 3. The first-order valence-corrected chi connectivity index (χ1v) is 7.56. The maximum Gasteiger partial charge on any atom is 0.261 e. The summed E-state index contributed by atoms with van der Waals surface area (Å²) in [5, 5.41) is 9.32. The number of amides is 2. The molecule has 0 aromatic heterocycles. The zero-order chi connectivity index (χ0) is 16.8. The van der Waals surface area contributed by atoms with Gasteiger partial charge in [-0.05, 0) is 40.8 Å². The predicted molar refractivity (Wildman–Crippen MR) is 87.5 cm³/mol. The van der Waals surface area contributed by atoms with Gasteiger partial charge >= 0.3 is 0 Å². The van der Waals surface area contributed by atoms with Crippen LogP contribution in [0.5, 0.6) is 5.75 Å². The first-order chi connectivity index (χ1) is 10.8. The van der Waals surface area contributed by atoms with Crippen molar-refractivity contribution in [3.05, 3.63) is 64.7 Å². The molecule has 4 heteroatoms. The van der Waals surface area contributed by atoms with E-state index in [1.165, 1.54) is 4.90 Å². The minimum atomic E-state index is -0.265. The molecule has 0 radical (unpaired) electrons. The van der Waals surface area contributed by atoms with Crippen molar-refractivity contribution in [2.45, 2.75) is 32.7 Å². The molecule has 0 unspecified atom stereocenters. The molecule has 2 aromatic rings. The summed E-state index contributed by atoms with van der Waals surface area (Å²) in [5.41, 5.74) is 2.68. The molecule has 0 atom stereocenters. The van der Waals surface area contributed by atoms with E-state index in [0.717, 1.165) is 11.1 Å². The number of imide groups is 1. The second kappa shape index (κ2) is 5.23. The highest BCUT2D eigenvalue weighted by Crippen LogP contribution is 2.30. The third-order valence-electron chi connectivity index (χ3n) is 4.11. The average Bonchev–Trinajstić information content (AvgIpc) is 2.73. The number of carbonyl (C=O) groups is 2. The highest BCUT2D eigenvalue weighted by Gasteiger charge is 2.36. The summed E-state index contributed by atoms with van der Waals surface area (Å²) in [6, 6.07) is 12.0. The van der Waals surface area contributed by atoms with Crippen LogP contribution < -0.4 is 0 Å². The van der Waals surface area contributed by atoms with E-state index in [0.29, 0.717) is 11.1 Å².